The summed E-state index contributed by atoms with van der Waals surface area (Å²) in [6.07, 6.45) is 0. The van der Waals surface area contributed by atoms with E-state index in [0.717, 1.165) is 11.4 Å². The molecule has 2 rings (SSSR count). The summed E-state index contributed by atoms with van der Waals surface area (Å²) in [4.78, 5) is 4.58. The minimum absolute atomic E-state index is 0.168. The van der Waals surface area contributed by atoms with Crippen LogP contribution in [0.3, 0.4) is 0 Å². The average Bonchev–Trinajstić information content (AvgIpc) is 2.14. The van der Waals surface area contributed by atoms with Gasteiger partial charge in [-0.05, 0) is 36.3 Å². The van der Waals surface area contributed by atoms with E-state index in [1.54, 1.807) is 0 Å². The lowest BCUT2D eigenvalue weighted by Crippen LogP contribution is -2.12. The highest BCUT2D eigenvalue weighted by atomic mass is 14.7. The summed E-state index contributed by atoms with van der Waals surface area (Å²) in [6, 6.07) is 8.69. The van der Waals surface area contributed by atoms with Crippen LogP contribution in [0.25, 0.3) is 10.8 Å². The van der Waals surface area contributed by atoms with Gasteiger partial charge in [-0.2, -0.15) is 0 Å². The molecule has 0 fully saturated rings. The molecule has 0 unspecified atom stereocenters. The number of hydrogen-bond acceptors (Lipinski definition) is 1. The largest absolute Gasteiger partial charge is 0.258 e. The van der Waals surface area contributed by atoms with Gasteiger partial charge in [0.2, 0.25) is 0 Å². The third-order valence-electron chi connectivity index (χ3n) is 2.97. The van der Waals surface area contributed by atoms with E-state index in [9.17, 15) is 0 Å². The SMILES string of the molecule is Cc1cc2cccc(C(C)(C)C)c2c(C)n1. The van der Waals surface area contributed by atoms with E-state index in [2.05, 4.69) is 63.9 Å². The molecule has 1 aromatic carbocycles. The van der Waals surface area contributed by atoms with Crippen molar-refractivity contribution in [2.45, 2.75) is 40.0 Å². The molecule has 0 spiro atoms. The second-order valence-electron chi connectivity index (χ2n) is 5.50. The Hall–Kier alpha value is -1.37. The number of rotatable bonds is 0. The molecule has 0 aliphatic heterocycles. The molecule has 0 bridgehead atoms. The lowest BCUT2D eigenvalue weighted by atomic mass is 9.83. The van der Waals surface area contributed by atoms with Crippen LogP contribution in [0.4, 0.5) is 0 Å². The monoisotopic (exact) mass is 213 g/mol. The molecule has 0 atom stereocenters. The molecule has 1 aromatic heterocycles. The minimum atomic E-state index is 0.168. The third kappa shape index (κ3) is 1.82. The van der Waals surface area contributed by atoms with Gasteiger partial charge >= 0.3 is 0 Å². The molecule has 0 radical (unpaired) electrons. The van der Waals surface area contributed by atoms with Crippen LogP contribution < -0.4 is 0 Å². The fraction of sp³-hybridized carbons (Fsp3) is 0.400. The Morgan fingerprint density at radius 2 is 1.75 bits per heavy atom. The van der Waals surface area contributed by atoms with Gasteiger partial charge in [0.25, 0.3) is 0 Å². The van der Waals surface area contributed by atoms with E-state index in [-0.39, 0.29) is 5.41 Å². The smallest absolute Gasteiger partial charge is 0.0457 e. The van der Waals surface area contributed by atoms with Crippen molar-refractivity contribution in [2.24, 2.45) is 0 Å². The van der Waals surface area contributed by atoms with Crippen LogP contribution in [0.2, 0.25) is 0 Å². The van der Waals surface area contributed by atoms with E-state index in [1.807, 2.05) is 0 Å². The van der Waals surface area contributed by atoms with E-state index in [1.165, 1.54) is 16.3 Å². The molecule has 16 heavy (non-hydrogen) atoms. The van der Waals surface area contributed by atoms with Crippen molar-refractivity contribution in [2.75, 3.05) is 0 Å². The van der Waals surface area contributed by atoms with Gasteiger partial charge in [0.15, 0.2) is 0 Å². The van der Waals surface area contributed by atoms with Gasteiger partial charge in [0, 0.05) is 16.8 Å². The first-order chi connectivity index (χ1) is 7.39. The summed E-state index contributed by atoms with van der Waals surface area (Å²) >= 11 is 0. The second kappa shape index (κ2) is 3.58. The highest BCUT2D eigenvalue weighted by Gasteiger charge is 2.18. The van der Waals surface area contributed by atoms with E-state index in [4.69, 9.17) is 0 Å². The summed E-state index contributed by atoms with van der Waals surface area (Å²) in [6.45, 7) is 10.9. The van der Waals surface area contributed by atoms with Gasteiger partial charge in [-0.15, -0.1) is 0 Å². The number of benzene rings is 1. The van der Waals surface area contributed by atoms with Crippen LogP contribution in [-0.2, 0) is 5.41 Å². The van der Waals surface area contributed by atoms with E-state index < -0.39 is 0 Å². The van der Waals surface area contributed by atoms with Crippen molar-refractivity contribution < 1.29 is 0 Å². The molecule has 0 aliphatic rings. The average molecular weight is 213 g/mol. The molecular formula is C15H19N. The molecule has 0 N–H and O–H groups in total. The van der Waals surface area contributed by atoms with Crippen LogP contribution in [0.5, 0.6) is 0 Å². The molecule has 0 aliphatic carbocycles. The molecule has 1 nitrogen and oxygen atoms in total. The molecule has 2 aromatic rings. The van der Waals surface area contributed by atoms with Crippen molar-refractivity contribution >= 4 is 10.8 Å². The highest BCUT2D eigenvalue weighted by Crippen LogP contribution is 2.31. The Kier molecular flexibility index (Phi) is 2.49. The third-order valence-corrected chi connectivity index (χ3v) is 2.97. The predicted octanol–water partition coefficient (Wildman–Crippen LogP) is 4.15. The molecule has 1 heteroatoms. The summed E-state index contributed by atoms with van der Waals surface area (Å²) in [5.74, 6) is 0. The van der Waals surface area contributed by atoms with Crippen molar-refractivity contribution in [3.63, 3.8) is 0 Å². The Bertz CT molecular complexity index is 533. The lowest BCUT2D eigenvalue weighted by molar-refractivity contribution is 0.595. The fourth-order valence-corrected chi connectivity index (χ4v) is 2.30. The predicted molar refractivity (Wildman–Crippen MR) is 69.9 cm³/mol. The van der Waals surface area contributed by atoms with Crippen molar-refractivity contribution in [3.8, 4) is 0 Å². The lowest BCUT2D eigenvalue weighted by Gasteiger charge is -2.22. The maximum Gasteiger partial charge on any atom is 0.0457 e. The Morgan fingerprint density at radius 3 is 2.38 bits per heavy atom. The number of fused-ring (bicyclic) bond motifs is 1. The molecular weight excluding hydrogens is 194 g/mol. The number of hydrogen-bond donors (Lipinski definition) is 0. The van der Waals surface area contributed by atoms with E-state index in [0.29, 0.717) is 0 Å². The summed E-state index contributed by atoms with van der Waals surface area (Å²) in [5.41, 5.74) is 3.79. The first-order valence-corrected chi connectivity index (χ1v) is 5.77. The zero-order valence-corrected chi connectivity index (χ0v) is 10.8. The topological polar surface area (TPSA) is 12.9 Å². The van der Waals surface area contributed by atoms with Gasteiger partial charge in [-0.3, -0.25) is 4.98 Å². The zero-order valence-electron chi connectivity index (χ0n) is 10.8. The standard InChI is InChI=1S/C15H19N/c1-10-9-12-7-6-8-13(15(3,4)5)14(12)11(2)16-10/h6-9H,1-5H3. The molecule has 0 saturated heterocycles. The molecule has 0 saturated carbocycles. The summed E-state index contributed by atoms with van der Waals surface area (Å²) < 4.78 is 0. The Labute approximate surface area is 97.5 Å². The van der Waals surface area contributed by atoms with Gasteiger partial charge < -0.3 is 0 Å². The van der Waals surface area contributed by atoms with Gasteiger partial charge in [0.05, 0.1) is 0 Å². The van der Waals surface area contributed by atoms with E-state index >= 15 is 0 Å². The van der Waals surface area contributed by atoms with Crippen molar-refractivity contribution in [3.05, 3.63) is 41.2 Å². The quantitative estimate of drug-likeness (QED) is 0.640. The summed E-state index contributed by atoms with van der Waals surface area (Å²) in [7, 11) is 0. The number of aromatic nitrogens is 1. The number of pyridine rings is 1. The Balaban J connectivity index is 2.87. The van der Waals surface area contributed by atoms with Crippen LogP contribution in [0.1, 0.15) is 37.7 Å². The van der Waals surface area contributed by atoms with Gasteiger partial charge in [0.1, 0.15) is 0 Å². The van der Waals surface area contributed by atoms with Crippen LogP contribution in [0, 0.1) is 13.8 Å². The minimum Gasteiger partial charge on any atom is -0.258 e. The van der Waals surface area contributed by atoms with Crippen molar-refractivity contribution in [1.82, 2.24) is 4.98 Å². The Morgan fingerprint density at radius 1 is 1.06 bits per heavy atom. The number of aryl methyl sites for hydroxylation is 2. The molecule has 1 heterocycles. The molecule has 0 amide bonds. The van der Waals surface area contributed by atoms with Gasteiger partial charge in [-0.1, -0.05) is 39.0 Å². The summed E-state index contributed by atoms with van der Waals surface area (Å²) in [5, 5.41) is 2.62. The fourth-order valence-electron chi connectivity index (χ4n) is 2.30. The maximum atomic E-state index is 4.58. The maximum absolute atomic E-state index is 4.58. The molecule has 84 valence electrons. The number of nitrogens with zero attached hydrogens (tertiary/aromatic N) is 1. The van der Waals surface area contributed by atoms with Crippen molar-refractivity contribution in [1.29, 1.82) is 0 Å². The second-order valence-corrected chi connectivity index (χ2v) is 5.50. The van der Waals surface area contributed by atoms with Crippen LogP contribution >= 0.6 is 0 Å². The first kappa shape index (κ1) is 11.1. The zero-order chi connectivity index (χ0) is 11.9. The van der Waals surface area contributed by atoms with Gasteiger partial charge in [-0.25, -0.2) is 0 Å². The first-order valence-electron chi connectivity index (χ1n) is 5.77. The highest BCUT2D eigenvalue weighted by molar-refractivity contribution is 5.88. The van der Waals surface area contributed by atoms with Crippen LogP contribution in [0.15, 0.2) is 24.3 Å². The van der Waals surface area contributed by atoms with Crippen LogP contribution in [-0.4, -0.2) is 4.98 Å². The normalized spacial score (nSPS) is 12.1.